The number of benzene rings is 1. The van der Waals surface area contributed by atoms with E-state index in [0.717, 1.165) is 37.8 Å². The molecule has 2 saturated heterocycles. The Morgan fingerprint density at radius 3 is 2.75 bits per heavy atom. The van der Waals surface area contributed by atoms with Gasteiger partial charge in [0, 0.05) is 19.2 Å². The molecule has 2 amide bonds. The zero-order valence-electron chi connectivity index (χ0n) is 17.0. The third-order valence-electron chi connectivity index (χ3n) is 5.95. The maximum absolute atomic E-state index is 13.3. The summed E-state index contributed by atoms with van der Waals surface area (Å²) >= 11 is 0. The van der Waals surface area contributed by atoms with Gasteiger partial charge in [-0.05, 0) is 76.2 Å². The van der Waals surface area contributed by atoms with Crippen LogP contribution in [0.15, 0.2) is 24.3 Å². The average molecular weight is 392 g/mol. The maximum atomic E-state index is 13.3. The van der Waals surface area contributed by atoms with Crippen LogP contribution in [-0.2, 0) is 4.74 Å². The Hall–Kier alpha value is -1.66. The minimum atomic E-state index is -0.276. The van der Waals surface area contributed by atoms with Crippen molar-refractivity contribution in [2.75, 3.05) is 26.2 Å². The number of halogens is 1. The first-order valence-corrected chi connectivity index (χ1v) is 10.8. The number of urea groups is 1. The van der Waals surface area contributed by atoms with Crippen molar-refractivity contribution in [1.82, 2.24) is 15.5 Å². The van der Waals surface area contributed by atoms with E-state index in [1.54, 1.807) is 12.1 Å². The van der Waals surface area contributed by atoms with Crippen LogP contribution >= 0.6 is 0 Å². The fourth-order valence-electron chi connectivity index (χ4n) is 4.25. The molecule has 3 unspecified atom stereocenters. The molecule has 0 spiro atoms. The molecule has 3 rings (SSSR count). The molecule has 0 radical (unpaired) electrons. The fraction of sp³-hybridized carbons (Fsp3) is 0.682. The number of unbranched alkanes of at least 4 members (excludes halogenated alkanes) is 1. The summed E-state index contributed by atoms with van der Waals surface area (Å²) in [6.45, 7) is 6.00. The van der Waals surface area contributed by atoms with Crippen molar-refractivity contribution in [3.05, 3.63) is 35.6 Å². The largest absolute Gasteiger partial charge is 0.376 e. The Morgan fingerprint density at radius 2 is 2.04 bits per heavy atom. The third-order valence-corrected chi connectivity index (χ3v) is 5.95. The highest BCUT2D eigenvalue weighted by Gasteiger charge is 2.28. The summed E-state index contributed by atoms with van der Waals surface area (Å²) in [5.74, 6) is -0.276. The Kier molecular flexibility index (Phi) is 8.10. The highest BCUT2D eigenvalue weighted by molar-refractivity contribution is 5.74. The number of amides is 2. The smallest absolute Gasteiger partial charge is 0.315 e. The summed E-state index contributed by atoms with van der Waals surface area (Å²) in [7, 11) is 0. The fourth-order valence-corrected chi connectivity index (χ4v) is 4.25. The summed E-state index contributed by atoms with van der Waals surface area (Å²) in [5.41, 5.74) is 0.877. The van der Waals surface area contributed by atoms with Crippen LogP contribution in [0.1, 0.15) is 63.5 Å². The van der Waals surface area contributed by atoms with E-state index in [9.17, 15) is 9.18 Å². The van der Waals surface area contributed by atoms with Gasteiger partial charge in [0.15, 0.2) is 0 Å². The van der Waals surface area contributed by atoms with E-state index >= 15 is 0 Å². The molecule has 2 N–H and O–H groups in total. The molecule has 0 aliphatic carbocycles. The van der Waals surface area contributed by atoms with Crippen LogP contribution in [0.25, 0.3) is 0 Å². The Balaban J connectivity index is 1.41. The first-order valence-electron chi connectivity index (χ1n) is 10.8. The number of piperidine rings is 1. The molecule has 1 aromatic rings. The number of nitrogens with zero attached hydrogens (tertiary/aromatic N) is 1. The van der Waals surface area contributed by atoms with Gasteiger partial charge in [-0.15, -0.1) is 0 Å². The molecule has 2 fully saturated rings. The van der Waals surface area contributed by atoms with Crippen LogP contribution in [0.2, 0.25) is 0 Å². The second-order valence-corrected chi connectivity index (χ2v) is 8.07. The van der Waals surface area contributed by atoms with Crippen LogP contribution in [0.4, 0.5) is 9.18 Å². The van der Waals surface area contributed by atoms with E-state index in [1.165, 1.54) is 37.9 Å². The van der Waals surface area contributed by atoms with Crippen molar-refractivity contribution in [2.45, 2.75) is 70.1 Å². The molecule has 0 bridgehead atoms. The molecule has 2 heterocycles. The van der Waals surface area contributed by atoms with E-state index in [2.05, 4.69) is 22.5 Å². The molecule has 3 atom stereocenters. The lowest BCUT2D eigenvalue weighted by atomic mass is 9.99. The summed E-state index contributed by atoms with van der Waals surface area (Å²) in [6, 6.07) is 6.56. The minimum Gasteiger partial charge on any atom is -0.376 e. The quantitative estimate of drug-likeness (QED) is 0.659. The molecule has 156 valence electrons. The van der Waals surface area contributed by atoms with Gasteiger partial charge < -0.3 is 20.3 Å². The first kappa shape index (κ1) is 21.1. The molecule has 5 nitrogen and oxygen atoms in total. The number of rotatable bonds is 8. The van der Waals surface area contributed by atoms with Gasteiger partial charge in [0.25, 0.3) is 0 Å². The van der Waals surface area contributed by atoms with E-state index in [-0.39, 0.29) is 24.0 Å². The molecule has 0 saturated carbocycles. The normalized spacial score (nSPS) is 24.1. The van der Waals surface area contributed by atoms with Gasteiger partial charge in [0.1, 0.15) is 5.82 Å². The predicted molar refractivity (Wildman–Crippen MR) is 109 cm³/mol. The number of hydrogen-bond donors (Lipinski definition) is 2. The Labute approximate surface area is 168 Å². The van der Waals surface area contributed by atoms with Crippen molar-refractivity contribution < 1.29 is 13.9 Å². The summed E-state index contributed by atoms with van der Waals surface area (Å²) in [5, 5.41) is 6.00. The number of carbonyl (C=O) groups is 1. The van der Waals surface area contributed by atoms with Crippen LogP contribution in [0.5, 0.6) is 0 Å². The van der Waals surface area contributed by atoms with Gasteiger partial charge in [-0.1, -0.05) is 18.6 Å². The predicted octanol–water partition coefficient (Wildman–Crippen LogP) is 4.00. The number of carbonyl (C=O) groups excluding carboxylic acids is 1. The van der Waals surface area contributed by atoms with Gasteiger partial charge in [-0.25, -0.2) is 9.18 Å². The lowest BCUT2D eigenvalue weighted by Crippen LogP contribution is -2.42. The Morgan fingerprint density at radius 1 is 1.21 bits per heavy atom. The monoisotopic (exact) mass is 391 g/mol. The zero-order valence-corrected chi connectivity index (χ0v) is 17.0. The van der Waals surface area contributed by atoms with Crippen molar-refractivity contribution >= 4 is 6.03 Å². The van der Waals surface area contributed by atoms with Crippen molar-refractivity contribution in [3.63, 3.8) is 0 Å². The van der Waals surface area contributed by atoms with Gasteiger partial charge >= 0.3 is 6.03 Å². The molecule has 2 aliphatic rings. The SMILES string of the molecule is CC1CCCCN1CCCCNC(=O)NC(c1ccc(F)cc1)C1CCCO1. The summed E-state index contributed by atoms with van der Waals surface area (Å²) < 4.78 is 19.0. The average Bonchev–Trinajstić information content (AvgIpc) is 3.22. The van der Waals surface area contributed by atoms with Crippen molar-refractivity contribution in [3.8, 4) is 0 Å². The first-order chi connectivity index (χ1) is 13.6. The van der Waals surface area contributed by atoms with Gasteiger partial charge in [0.2, 0.25) is 0 Å². The second-order valence-electron chi connectivity index (χ2n) is 8.07. The molecule has 28 heavy (non-hydrogen) atoms. The summed E-state index contributed by atoms with van der Waals surface area (Å²) in [6.07, 6.45) is 7.84. The molecule has 0 aromatic heterocycles. The van der Waals surface area contributed by atoms with Gasteiger partial charge in [-0.3, -0.25) is 0 Å². The second kappa shape index (κ2) is 10.8. The standard InChI is InChI=1S/C22H34FN3O2/c1-17-7-2-4-14-26(17)15-5-3-13-24-22(27)25-21(20-8-6-16-28-20)18-9-11-19(23)12-10-18/h9-12,17,20-21H,2-8,13-16H2,1H3,(H2,24,25,27). The number of likely N-dealkylation sites (tertiary alicyclic amines) is 1. The number of nitrogens with one attached hydrogen (secondary N) is 2. The lowest BCUT2D eigenvalue weighted by Gasteiger charge is -2.33. The van der Waals surface area contributed by atoms with Crippen molar-refractivity contribution in [1.29, 1.82) is 0 Å². The molecule has 1 aromatic carbocycles. The van der Waals surface area contributed by atoms with Crippen molar-refractivity contribution in [2.24, 2.45) is 0 Å². The zero-order chi connectivity index (χ0) is 19.8. The van der Waals surface area contributed by atoms with Gasteiger partial charge in [0.05, 0.1) is 12.1 Å². The van der Waals surface area contributed by atoms with E-state index in [4.69, 9.17) is 4.74 Å². The van der Waals surface area contributed by atoms with Crippen LogP contribution in [0, 0.1) is 5.82 Å². The van der Waals surface area contributed by atoms with Crippen LogP contribution < -0.4 is 10.6 Å². The topological polar surface area (TPSA) is 53.6 Å². The number of hydrogen-bond acceptors (Lipinski definition) is 3. The number of ether oxygens (including phenoxy) is 1. The van der Waals surface area contributed by atoms with Crippen LogP contribution in [-0.4, -0.2) is 49.3 Å². The summed E-state index contributed by atoms with van der Waals surface area (Å²) in [4.78, 5) is 15.0. The van der Waals surface area contributed by atoms with Gasteiger partial charge in [-0.2, -0.15) is 0 Å². The van der Waals surface area contributed by atoms with E-state index in [1.807, 2.05) is 0 Å². The highest BCUT2D eigenvalue weighted by atomic mass is 19.1. The molecular weight excluding hydrogens is 357 g/mol. The highest BCUT2D eigenvalue weighted by Crippen LogP contribution is 2.27. The lowest BCUT2D eigenvalue weighted by molar-refractivity contribution is 0.0807. The third kappa shape index (κ3) is 6.17. The molecular formula is C22H34FN3O2. The van der Waals surface area contributed by atoms with Crippen LogP contribution in [0.3, 0.4) is 0 Å². The Bertz CT molecular complexity index is 604. The van der Waals surface area contributed by atoms with E-state index < -0.39 is 0 Å². The maximum Gasteiger partial charge on any atom is 0.315 e. The molecule has 6 heteroatoms. The minimum absolute atomic E-state index is 0.0585. The molecule has 2 aliphatic heterocycles. The van der Waals surface area contributed by atoms with E-state index in [0.29, 0.717) is 19.2 Å².